The van der Waals surface area contributed by atoms with Crippen LogP contribution in [0.5, 0.6) is 0 Å². The van der Waals surface area contributed by atoms with E-state index in [0.29, 0.717) is 5.56 Å². The van der Waals surface area contributed by atoms with E-state index in [1.54, 1.807) is 24.3 Å². The van der Waals surface area contributed by atoms with Crippen LogP contribution in [0.25, 0.3) is 21.6 Å². The number of carboxylic acids is 2. The Morgan fingerprint density at radius 1 is 1.23 bits per heavy atom. The number of hydrogen-bond donors (Lipinski definition) is 4. The maximum atomic E-state index is 15.6. The molecule has 0 radical (unpaired) electrons. The highest BCUT2D eigenvalue weighted by molar-refractivity contribution is 7.13. The van der Waals surface area contributed by atoms with Crippen molar-refractivity contribution >= 4 is 51.9 Å². The number of anilines is 1. The summed E-state index contributed by atoms with van der Waals surface area (Å²) >= 11 is 7.37. The van der Waals surface area contributed by atoms with Crippen LogP contribution in [0.15, 0.2) is 48.1 Å². The molecule has 1 saturated heterocycles. The number of thiophene rings is 1. The van der Waals surface area contributed by atoms with E-state index in [-0.39, 0.29) is 22.3 Å². The summed E-state index contributed by atoms with van der Waals surface area (Å²) in [5.41, 5.74) is 2.07. The van der Waals surface area contributed by atoms with E-state index < -0.39 is 54.2 Å². The summed E-state index contributed by atoms with van der Waals surface area (Å²) in [5, 5.41) is 32.7. The SMILES string of the molecule is Nc1nc(Cl)nc2c1ncn2C1OC2C(OC(Cc3ccc(-c4cccs4)cc3)(C(=O)O)C(=O)O)C2(O)C1F. The van der Waals surface area contributed by atoms with Gasteiger partial charge in [-0.2, -0.15) is 9.97 Å². The number of fused-ring (bicyclic) bond motifs is 2. The minimum Gasteiger partial charge on any atom is -0.479 e. The molecule has 15 heteroatoms. The van der Waals surface area contributed by atoms with Crippen LogP contribution < -0.4 is 5.73 Å². The standard InChI is InChI=1S/C24H19ClFN5O7S/c25-22-29-17(27)13-18(30-22)31(9-28-13)19-14(26)24(36)15(37-19)16(24)38-23(20(32)33,21(34)35)8-10-3-5-11(6-4-10)12-2-1-7-39-12/h1-7,9,14-16,19,36H,8H2,(H,32,33)(H,34,35)(H2,27,29,30). The first-order valence-electron chi connectivity index (χ1n) is 11.5. The number of alkyl halides is 1. The quantitative estimate of drug-likeness (QED) is 0.179. The Balaban J connectivity index is 1.25. The number of aliphatic hydroxyl groups is 1. The van der Waals surface area contributed by atoms with Crippen LogP contribution in [-0.2, 0) is 25.5 Å². The van der Waals surface area contributed by atoms with E-state index in [9.17, 15) is 24.9 Å². The van der Waals surface area contributed by atoms with Crippen molar-refractivity contribution in [1.82, 2.24) is 19.5 Å². The lowest BCUT2D eigenvalue weighted by Gasteiger charge is -2.28. The fourth-order valence-electron chi connectivity index (χ4n) is 4.85. The molecule has 4 heterocycles. The molecule has 39 heavy (non-hydrogen) atoms. The molecule has 202 valence electrons. The zero-order valence-corrected chi connectivity index (χ0v) is 21.2. The second kappa shape index (κ2) is 8.93. The average Bonchev–Trinajstić information content (AvgIpc) is 3.38. The van der Waals surface area contributed by atoms with Crippen molar-refractivity contribution in [2.24, 2.45) is 0 Å². The number of ether oxygens (including phenoxy) is 2. The molecule has 0 bridgehead atoms. The van der Waals surface area contributed by atoms with Gasteiger partial charge in [-0.3, -0.25) is 4.57 Å². The van der Waals surface area contributed by atoms with Crippen LogP contribution in [0.2, 0.25) is 5.28 Å². The molecule has 0 spiro atoms. The number of halogens is 2. The van der Waals surface area contributed by atoms with Gasteiger partial charge in [-0.15, -0.1) is 11.3 Å². The number of nitrogens with two attached hydrogens (primary N) is 1. The number of nitrogens with zero attached hydrogens (tertiary/aromatic N) is 4. The molecule has 5 unspecified atom stereocenters. The summed E-state index contributed by atoms with van der Waals surface area (Å²) in [5.74, 6) is -3.65. The third-order valence-corrected chi connectivity index (χ3v) is 8.07. The van der Waals surface area contributed by atoms with Crippen molar-refractivity contribution in [2.45, 2.75) is 42.2 Å². The van der Waals surface area contributed by atoms with Gasteiger partial charge in [-0.1, -0.05) is 30.3 Å². The third-order valence-electron chi connectivity index (χ3n) is 6.98. The van der Waals surface area contributed by atoms with Gasteiger partial charge in [0.1, 0.15) is 17.7 Å². The second-order valence-corrected chi connectivity index (χ2v) is 10.6. The Labute approximate surface area is 227 Å². The largest absolute Gasteiger partial charge is 0.479 e. The minimum absolute atomic E-state index is 0.0432. The first-order chi connectivity index (χ1) is 18.6. The van der Waals surface area contributed by atoms with Crippen molar-refractivity contribution in [3.63, 3.8) is 0 Å². The van der Waals surface area contributed by atoms with Crippen molar-refractivity contribution in [3.05, 3.63) is 59.0 Å². The molecule has 4 aromatic rings. The van der Waals surface area contributed by atoms with E-state index in [4.69, 9.17) is 26.8 Å². The minimum atomic E-state index is -2.81. The normalized spacial score (nSPS) is 26.0. The highest BCUT2D eigenvalue weighted by atomic mass is 35.5. The maximum absolute atomic E-state index is 15.6. The van der Waals surface area contributed by atoms with Gasteiger partial charge in [0, 0.05) is 11.3 Å². The molecule has 1 aromatic carbocycles. The number of rotatable bonds is 8. The van der Waals surface area contributed by atoms with Crippen LogP contribution in [0.1, 0.15) is 11.8 Å². The Bertz CT molecular complexity index is 1590. The van der Waals surface area contributed by atoms with Crippen molar-refractivity contribution < 1.29 is 38.8 Å². The third kappa shape index (κ3) is 3.86. The van der Waals surface area contributed by atoms with Gasteiger partial charge in [-0.05, 0) is 34.2 Å². The zero-order valence-electron chi connectivity index (χ0n) is 19.6. The summed E-state index contributed by atoms with van der Waals surface area (Å²) in [4.78, 5) is 37.3. The lowest BCUT2D eigenvalue weighted by Crippen LogP contribution is -2.53. The smallest absolute Gasteiger partial charge is 0.348 e. The molecule has 1 aliphatic heterocycles. The molecule has 5 N–H and O–H groups in total. The van der Waals surface area contributed by atoms with E-state index in [1.807, 2.05) is 17.5 Å². The fourth-order valence-corrected chi connectivity index (χ4v) is 5.76. The molecule has 12 nitrogen and oxygen atoms in total. The molecule has 0 amide bonds. The fraction of sp³-hybridized carbons (Fsp3) is 0.292. The first-order valence-corrected chi connectivity index (χ1v) is 12.8. The molecular formula is C24H19ClFN5O7S. The zero-order chi connectivity index (χ0) is 27.7. The number of nitrogen functional groups attached to an aromatic ring is 1. The number of aromatic nitrogens is 4. The van der Waals surface area contributed by atoms with Crippen LogP contribution in [-0.4, -0.2) is 76.4 Å². The molecule has 5 atom stereocenters. The summed E-state index contributed by atoms with van der Waals surface area (Å²) in [6, 6.07) is 10.5. The van der Waals surface area contributed by atoms with Crippen molar-refractivity contribution in [3.8, 4) is 10.4 Å². The van der Waals surface area contributed by atoms with Crippen molar-refractivity contribution in [1.29, 1.82) is 0 Å². The summed E-state index contributed by atoms with van der Waals surface area (Å²) in [6.45, 7) is 0. The Morgan fingerprint density at radius 2 is 1.95 bits per heavy atom. The van der Waals surface area contributed by atoms with Gasteiger partial charge in [-0.25, -0.2) is 19.0 Å². The summed E-state index contributed by atoms with van der Waals surface area (Å²) < 4.78 is 28.0. The number of hydrogen-bond acceptors (Lipinski definition) is 10. The monoisotopic (exact) mass is 575 g/mol. The summed E-state index contributed by atoms with van der Waals surface area (Å²) in [7, 11) is 0. The van der Waals surface area contributed by atoms with Gasteiger partial charge >= 0.3 is 11.9 Å². The van der Waals surface area contributed by atoms with E-state index in [2.05, 4.69) is 15.0 Å². The topological polar surface area (TPSA) is 183 Å². The molecule has 6 rings (SSSR count). The molecule has 3 aromatic heterocycles. The lowest BCUT2D eigenvalue weighted by molar-refractivity contribution is -0.194. The van der Waals surface area contributed by atoms with E-state index in [1.165, 1.54) is 22.2 Å². The molecule has 2 aliphatic rings. The number of imidazole rings is 1. The van der Waals surface area contributed by atoms with E-state index in [0.717, 1.165) is 10.4 Å². The second-order valence-electron chi connectivity index (χ2n) is 9.27. The highest BCUT2D eigenvalue weighted by Gasteiger charge is 2.80. The van der Waals surface area contributed by atoms with Gasteiger partial charge in [0.15, 0.2) is 29.5 Å². The summed E-state index contributed by atoms with van der Waals surface area (Å²) in [6.07, 6.45) is -5.92. The number of aliphatic carboxylic acids is 2. The molecule has 1 saturated carbocycles. The predicted octanol–water partition coefficient (Wildman–Crippen LogP) is 2.31. The van der Waals surface area contributed by atoms with E-state index >= 15 is 4.39 Å². The maximum Gasteiger partial charge on any atom is 0.348 e. The highest BCUT2D eigenvalue weighted by Crippen LogP contribution is 2.58. The van der Waals surface area contributed by atoms with Crippen LogP contribution in [0.3, 0.4) is 0 Å². The lowest BCUT2D eigenvalue weighted by atomic mass is 9.93. The Kier molecular flexibility index (Phi) is 5.85. The number of carbonyl (C=O) groups is 2. The van der Waals surface area contributed by atoms with Gasteiger partial charge in [0.05, 0.1) is 6.33 Å². The van der Waals surface area contributed by atoms with Crippen LogP contribution in [0, 0.1) is 0 Å². The number of benzene rings is 1. The molecular weight excluding hydrogens is 557 g/mol. The molecule has 2 fully saturated rings. The van der Waals surface area contributed by atoms with Crippen LogP contribution >= 0.6 is 22.9 Å². The van der Waals surface area contributed by atoms with Gasteiger partial charge in [0.25, 0.3) is 5.60 Å². The number of carboxylic acid groups (broad SMARTS) is 2. The molecule has 1 aliphatic carbocycles. The Hall–Kier alpha value is -3.69. The average molecular weight is 576 g/mol. The predicted molar refractivity (Wildman–Crippen MR) is 135 cm³/mol. The van der Waals surface area contributed by atoms with Crippen molar-refractivity contribution in [2.75, 3.05) is 5.73 Å². The van der Waals surface area contributed by atoms with Gasteiger partial charge in [0.2, 0.25) is 5.28 Å². The first kappa shape index (κ1) is 25.6. The van der Waals surface area contributed by atoms with Crippen LogP contribution in [0.4, 0.5) is 10.2 Å². The van der Waals surface area contributed by atoms with Gasteiger partial charge < -0.3 is 30.5 Å². The Morgan fingerprint density at radius 3 is 2.54 bits per heavy atom.